The molecule has 2 saturated heterocycles. The first-order valence-corrected chi connectivity index (χ1v) is 9.16. The quantitative estimate of drug-likeness (QED) is 0.912. The average Bonchev–Trinajstić information content (AvgIpc) is 2.57. The van der Waals surface area contributed by atoms with Crippen LogP contribution < -0.4 is 5.32 Å². The zero-order valence-corrected chi connectivity index (χ0v) is 15.4. The monoisotopic (exact) mass is 344 g/mol. The highest BCUT2D eigenvalue weighted by Crippen LogP contribution is 2.36. The molecule has 1 N–H and O–H groups in total. The number of aryl methyl sites for hydroxylation is 1. The van der Waals surface area contributed by atoms with E-state index in [9.17, 15) is 9.59 Å². The highest BCUT2D eigenvalue weighted by Gasteiger charge is 2.48. The van der Waals surface area contributed by atoms with Crippen molar-refractivity contribution in [3.63, 3.8) is 0 Å². The minimum atomic E-state index is -0.169. The van der Waals surface area contributed by atoms with Crippen LogP contribution in [0, 0.1) is 18.8 Å². The number of amides is 2. The molecular weight excluding hydrogens is 316 g/mol. The Morgan fingerprint density at radius 3 is 2.72 bits per heavy atom. The van der Waals surface area contributed by atoms with Gasteiger partial charge in [-0.3, -0.25) is 9.59 Å². The van der Waals surface area contributed by atoms with Crippen LogP contribution in [0.2, 0.25) is 0 Å². The van der Waals surface area contributed by atoms with Crippen molar-refractivity contribution >= 4 is 11.8 Å². The van der Waals surface area contributed by atoms with Gasteiger partial charge in [-0.1, -0.05) is 31.5 Å². The van der Waals surface area contributed by atoms with Crippen LogP contribution in [0.5, 0.6) is 0 Å². The fourth-order valence-corrected chi connectivity index (χ4v) is 3.53. The summed E-state index contributed by atoms with van der Waals surface area (Å²) in [6, 6.07) is 7.72. The molecule has 5 heteroatoms. The summed E-state index contributed by atoms with van der Waals surface area (Å²) in [7, 11) is 0. The Morgan fingerprint density at radius 1 is 1.36 bits per heavy atom. The Morgan fingerprint density at radius 2 is 2.12 bits per heavy atom. The molecule has 2 amide bonds. The number of likely N-dealkylation sites (tertiary alicyclic amines) is 1. The van der Waals surface area contributed by atoms with Crippen LogP contribution in [0.15, 0.2) is 24.3 Å². The van der Waals surface area contributed by atoms with E-state index in [1.165, 1.54) is 0 Å². The van der Waals surface area contributed by atoms with Crippen LogP contribution in [0.3, 0.4) is 0 Å². The van der Waals surface area contributed by atoms with Crippen molar-refractivity contribution < 1.29 is 14.3 Å². The van der Waals surface area contributed by atoms with Crippen molar-refractivity contribution in [1.29, 1.82) is 0 Å². The molecule has 0 aromatic heterocycles. The lowest BCUT2D eigenvalue weighted by atomic mass is 9.82. The van der Waals surface area contributed by atoms with Crippen molar-refractivity contribution in [3.05, 3.63) is 35.4 Å². The lowest BCUT2D eigenvalue weighted by Gasteiger charge is -2.52. The second-order valence-corrected chi connectivity index (χ2v) is 7.83. The third-order valence-electron chi connectivity index (χ3n) is 5.23. The van der Waals surface area contributed by atoms with Crippen molar-refractivity contribution in [2.45, 2.75) is 39.2 Å². The number of carbonyl (C=O) groups excluding carboxylic acids is 2. The lowest BCUT2D eigenvalue weighted by molar-refractivity contribution is -0.166. The van der Waals surface area contributed by atoms with Gasteiger partial charge in [0.2, 0.25) is 5.91 Å². The van der Waals surface area contributed by atoms with E-state index in [1.54, 1.807) is 0 Å². The summed E-state index contributed by atoms with van der Waals surface area (Å²) in [4.78, 5) is 26.1. The number of nitrogens with one attached hydrogen (secondary N) is 1. The predicted molar refractivity (Wildman–Crippen MR) is 96.3 cm³/mol. The maximum absolute atomic E-state index is 12.5. The number of hydrogen-bond acceptors (Lipinski definition) is 3. The summed E-state index contributed by atoms with van der Waals surface area (Å²) < 4.78 is 6.10. The third-order valence-corrected chi connectivity index (χ3v) is 5.23. The first kappa shape index (κ1) is 17.9. The Balaban J connectivity index is 1.45. The van der Waals surface area contributed by atoms with Gasteiger partial charge in [-0.05, 0) is 37.8 Å². The molecule has 3 rings (SSSR count). The van der Waals surface area contributed by atoms with E-state index in [0.29, 0.717) is 32.2 Å². The summed E-state index contributed by atoms with van der Waals surface area (Å²) in [5.74, 6) is 0.571. The van der Waals surface area contributed by atoms with Crippen LogP contribution in [0.25, 0.3) is 0 Å². The Kier molecular flexibility index (Phi) is 5.13. The molecule has 2 aliphatic rings. The van der Waals surface area contributed by atoms with Crippen molar-refractivity contribution in [2.75, 3.05) is 26.2 Å². The molecule has 2 heterocycles. The molecule has 0 aliphatic carbocycles. The number of carbonyl (C=O) groups is 2. The van der Waals surface area contributed by atoms with Crippen LogP contribution >= 0.6 is 0 Å². The molecule has 0 saturated carbocycles. The van der Waals surface area contributed by atoms with Crippen molar-refractivity contribution in [1.82, 2.24) is 10.2 Å². The normalized spacial score (nSPS) is 21.9. The van der Waals surface area contributed by atoms with Crippen molar-refractivity contribution in [3.8, 4) is 0 Å². The SMILES string of the molecule is Cc1cccc(C(=O)N2CC3(CCC(CNC(=O)C(C)C)CO3)C2)c1. The van der Waals surface area contributed by atoms with Gasteiger partial charge in [-0.2, -0.15) is 0 Å². The molecule has 1 aromatic rings. The summed E-state index contributed by atoms with van der Waals surface area (Å²) in [6.07, 6.45) is 1.98. The first-order valence-electron chi connectivity index (χ1n) is 9.16. The van der Waals surface area contributed by atoms with Gasteiger partial charge in [-0.25, -0.2) is 0 Å². The van der Waals surface area contributed by atoms with Gasteiger partial charge >= 0.3 is 0 Å². The van der Waals surface area contributed by atoms with Gasteiger partial charge < -0.3 is 15.0 Å². The Bertz CT molecular complexity index is 640. The van der Waals surface area contributed by atoms with Gasteiger partial charge in [0.15, 0.2) is 0 Å². The molecular formula is C20H28N2O3. The van der Waals surface area contributed by atoms with Crippen LogP contribution in [0.1, 0.15) is 42.6 Å². The second kappa shape index (κ2) is 7.16. The fraction of sp³-hybridized carbons (Fsp3) is 0.600. The maximum atomic E-state index is 12.5. The van der Waals surface area contributed by atoms with E-state index in [-0.39, 0.29) is 23.3 Å². The van der Waals surface area contributed by atoms with E-state index in [2.05, 4.69) is 5.32 Å². The van der Waals surface area contributed by atoms with Crippen LogP contribution in [-0.2, 0) is 9.53 Å². The van der Waals surface area contributed by atoms with Gasteiger partial charge in [0.25, 0.3) is 5.91 Å². The van der Waals surface area contributed by atoms with Gasteiger partial charge in [0, 0.05) is 18.0 Å². The highest BCUT2D eigenvalue weighted by molar-refractivity contribution is 5.95. The number of benzene rings is 1. The molecule has 1 atom stereocenters. The van der Waals surface area contributed by atoms with E-state index < -0.39 is 0 Å². The zero-order chi connectivity index (χ0) is 18.0. The minimum Gasteiger partial charge on any atom is -0.371 e. The van der Waals surface area contributed by atoms with Crippen LogP contribution in [-0.4, -0.2) is 48.6 Å². The molecule has 1 spiro atoms. The van der Waals surface area contributed by atoms with Gasteiger partial charge in [-0.15, -0.1) is 0 Å². The number of ether oxygens (including phenoxy) is 1. The van der Waals surface area contributed by atoms with E-state index in [1.807, 2.05) is 49.9 Å². The minimum absolute atomic E-state index is 0.0173. The molecule has 25 heavy (non-hydrogen) atoms. The standard InChI is InChI=1S/C20H28N2O3/c1-14(2)18(23)21-10-16-7-8-20(25-11-16)12-22(13-20)19(24)17-6-4-5-15(3)9-17/h4-6,9,14,16H,7-8,10-13H2,1-3H3,(H,21,23). The molecule has 1 aromatic carbocycles. The molecule has 2 fully saturated rings. The van der Waals surface area contributed by atoms with Crippen LogP contribution in [0.4, 0.5) is 0 Å². The topological polar surface area (TPSA) is 58.6 Å². The third kappa shape index (κ3) is 4.03. The molecule has 1 unspecified atom stereocenters. The zero-order valence-electron chi connectivity index (χ0n) is 15.4. The molecule has 0 radical (unpaired) electrons. The Hall–Kier alpha value is -1.88. The first-order chi connectivity index (χ1) is 11.9. The Labute approximate surface area is 149 Å². The molecule has 2 aliphatic heterocycles. The van der Waals surface area contributed by atoms with Crippen molar-refractivity contribution in [2.24, 2.45) is 11.8 Å². The number of nitrogens with zero attached hydrogens (tertiary/aromatic N) is 1. The summed E-state index contributed by atoms with van der Waals surface area (Å²) >= 11 is 0. The number of rotatable bonds is 4. The molecule has 5 nitrogen and oxygen atoms in total. The summed E-state index contributed by atoms with van der Waals surface area (Å²) in [5.41, 5.74) is 1.68. The molecule has 0 bridgehead atoms. The highest BCUT2D eigenvalue weighted by atomic mass is 16.5. The smallest absolute Gasteiger partial charge is 0.254 e. The largest absolute Gasteiger partial charge is 0.371 e. The fourth-order valence-electron chi connectivity index (χ4n) is 3.53. The number of hydrogen-bond donors (Lipinski definition) is 1. The summed E-state index contributed by atoms with van der Waals surface area (Å²) in [6.45, 7) is 8.47. The van der Waals surface area contributed by atoms with E-state index in [0.717, 1.165) is 24.0 Å². The maximum Gasteiger partial charge on any atom is 0.254 e. The average molecular weight is 344 g/mol. The van der Waals surface area contributed by atoms with E-state index >= 15 is 0 Å². The summed E-state index contributed by atoms with van der Waals surface area (Å²) in [5, 5.41) is 2.99. The lowest BCUT2D eigenvalue weighted by Crippen LogP contribution is -2.66. The van der Waals surface area contributed by atoms with Gasteiger partial charge in [0.05, 0.1) is 19.7 Å². The molecule has 136 valence electrons. The van der Waals surface area contributed by atoms with Gasteiger partial charge in [0.1, 0.15) is 5.60 Å². The second-order valence-electron chi connectivity index (χ2n) is 7.83. The van der Waals surface area contributed by atoms with E-state index in [4.69, 9.17) is 4.74 Å². The predicted octanol–water partition coefficient (Wildman–Crippen LogP) is 2.39.